The van der Waals surface area contributed by atoms with Crippen LogP contribution in [0.3, 0.4) is 0 Å². The fraction of sp³-hybridized carbons (Fsp3) is 0.786. The number of benzene rings is 1. The van der Waals surface area contributed by atoms with Gasteiger partial charge in [-0.2, -0.15) is 0 Å². The molecule has 0 bridgehead atoms. The first-order valence-electron chi connectivity index (χ1n) is 13.8. The van der Waals surface area contributed by atoms with Gasteiger partial charge in [0.05, 0.1) is 29.0 Å². The summed E-state index contributed by atoms with van der Waals surface area (Å²) in [5.74, 6) is 0.790. The molecule has 35 heavy (non-hydrogen) atoms. The molecule has 2 saturated heterocycles. The third-order valence-electron chi connectivity index (χ3n) is 8.33. The maximum Gasteiger partial charge on any atom is 0.498 e. The molecule has 0 N–H and O–H groups in total. The summed E-state index contributed by atoms with van der Waals surface area (Å²) < 4.78 is 31.7. The fourth-order valence-corrected chi connectivity index (χ4v) is 4.38. The van der Waals surface area contributed by atoms with E-state index in [2.05, 4.69) is 62.3 Å². The summed E-state index contributed by atoms with van der Waals surface area (Å²) in [5.41, 5.74) is 0.285. The quantitative estimate of drug-likeness (QED) is 0.276. The van der Waals surface area contributed by atoms with Crippen LogP contribution in [-0.2, 0) is 18.6 Å². The summed E-state index contributed by atoms with van der Waals surface area (Å²) in [6, 6.07) is 6.14. The molecule has 0 aliphatic carbocycles. The Morgan fingerprint density at radius 2 is 1.09 bits per heavy atom. The third kappa shape index (κ3) is 6.66. The van der Waals surface area contributed by atoms with Gasteiger partial charge in [-0.3, -0.25) is 0 Å². The van der Waals surface area contributed by atoms with E-state index in [4.69, 9.17) is 23.4 Å². The Labute approximate surface area is 215 Å². The Kier molecular flexibility index (Phi) is 9.11. The van der Waals surface area contributed by atoms with E-state index in [1.165, 1.54) is 44.9 Å². The molecule has 2 heterocycles. The van der Waals surface area contributed by atoms with E-state index in [9.17, 15) is 0 Å². The molecule has 0 atom stereocenters. The van der Waals surface area contributed by atoms with Crippen molar-refractivity contribution in [3.63, 3.8) is 0 Å². The van der Waals surface area contributed by atoms with Crippen LogP contribution in [-0.4, -0.2) is 43.2 Å². The third-order valence-corrected chi connectivity index (χ3v) is 8.33. The van der Waals surface area contributed by atoms with Gasteiger partial charge >= 0.3 is 14.2 Å². The molecule has 0 spiro atoms. The highest BCUT2D eigenvalue weighted by molar-refractivity contribution is 6.65. The van der Waals surface area contributed by atoms with E-state index in [0.717, 1.165) is 23.1 Å². The zero-order chi connectivity index (χ0) is 25.9. The Hall–Kier alpha value is -1.01. The van der Waals surface area contributed by atoms with E-state index < -0.39 is 25.4 Å². The van der Waals surface area contributed by atoms with Crippen molar-refractivity contribution in [2.24, 2.45) is 0 Å². The average Bonchev–Trinajstić information content (AvgIpc) is 3.11. The van der Waals surface area contributed by atoms with Crippen molar-refractivity contribution in [3.05, 3.63) is 18.2 Å². The SMILES string of the molecule is CCCCCCCCCCOc1cc(B2OC(C)(C)C(C)(C)O2)ccc1B1OC(C)(C)C(C)(C)O1. The van der Waals surface area contributed by atoms with Gasteiger partial charge in [0.2, 0.25) is 0 Å². The van der Waals surface area contributed by atoms with Gasteiger partial charge in [0, 0.05) is 5.46 Å². The average molecular weight is 486 g/mol. The lowest BCUT2D eigenvalue weighted by Gasteiger charge is -2.32. The van der Waals surface area contributed by atoms with Crippen LogP contribution in [0.4, 0.5) is 0 Å². The molecule has 5 nitrogen and oxygen atoms in total. The van der Waals surface area contributed by atoms with Crippen LogP contribution in [0.25, 0.3) is 0 Å². The van der Waals surface area contributed by atoms with Crippen LogP contribution < -0.4 is 15.7 Å². The summed E-state index contributed by atoms with van der Waals surface area (Å²) in [6.07, 6.45) is 10.2. The van der Waals surface area contributed by atoms with Crippen LogP contribution >= 0.6 is 0 Å². The van der Waals surface area contributed by atoms with Crippen molar-refractivity contribution in [1.82, 2.24) is 0 Å². The van der Waals surface area contributed by atoms with Crippen LogP contribution in [0.1, 0.15) is 114 Å². The van der Waals surface area contributed by atoms with Gasteiger partial charge in [-0.15, -0.1) is 0 Å². The number of rotatable bonds is 12. The molecule has 3 rings (SSSR count). The van der Waals surface area contributed by atoms with Crippen molar-refractivity contribution in [1.29, 1.82) is 0 Å². The Bertz CT molecular complexity index is 805. The summed E-state index contributed by atoms with van der Waals surface area (Å²) in [4.78, 5) is 0. The molecule has 2 aliphatic heterocycles. The molecule has 0 amide bonds. The van der Waals surface area contributed by atoms with Gasteiger partial charge in [0.1, 0.15) is 5.75 Å². The highest BCUT2D eigenvalue weighted by Crippen LogP contribution is 2.38. The minimum Gasteiger partial charge on any atom is -0.494 e. The van der Waals surface area contributed by atoms with E-state index in [0.29, 0.717) is 6.61 Å². The second kappa shape index (κ2) is 11.2. The maximum absolute atomic E-state index is 6.36. The lowest BCUT2D eigenvalue weighted by Crippen LogP contribution is -2.41. The number of hydrogen-bond acceptors (Lipinski definition) is 5. The zero-order valence-electron chi connectivity index (χ0n) is 23.8. The van der Waals surface area contributed by atoms with Crippen LogP contribution in [0, 0.1) is 0 Å². The first kappa shape index (κ1) is 28.6. The van der Waals surface area contributed by atoms with Crippen molar-refractivity contribution >= 4 is 25.2 Å². The summed E-state index contributed by atoms with van der Waals surface area (Å²) >= 11 is 0. The first-order chi connectivity index (χ1) is 16.3. The molecular formula is C28H48B2O5. The van der Waals surface area contributed by atoms with Gasteiger partial charge in [0.25, 0.3) is 0 Å². The summed E-state index contributed by atoms with van der Waals surface area (Å²) in [6.45, 7) is 19.5. The molecule has 0 radical (unpaired) electrons. The van der Waals surface area contributed by atoms with Gasteiger partial charge < -0.3 is 23.4 Å². The van der Waals surface area contributed by atoms with Crippen LogP contribution in [0.2, 0.25) is 0 Å². The normalized spacial score (nSPS) is 22.1. The molecule has 2 aliphatic rings. The Morgan fingerprint density at radius 1 is 0.629 bits per heavy atom. The van der Waals surface area contributed by atoms with Crippen LogP contribution in [0.5, 0.6) is 5.75 Å². The molecule has 0 aromatic heterocycles. The predicted octanol–water partition coefficient (Wildman–Crippen LogP) is 5.80. The van der Waals surface area contributed by atoms with Gasteiger partial charge in [-0.25, -0.2) is 0 Å². The number of ether oxygens (including phenoxy) is 1. The zero-order valence-corrected chi connectivity index (χ0v) is 23.8. The van der Waals surface area contributed by atoms with Gasteiger partial charge in [-0.1, -0.05) is 64.0 Å². The molecule has 196 valence electrons. The first-order valence-corrected chi connectivity index (χ1v) is 13.8. The lowest BCUT2D eigenvalue weighted by atomic mass is 9.73. The summed E-state index contributed by atoms with van der Waals surface area (Å²) in [7, 11) is -0.904. The second-order valence-electron chi connectivity index (χ2n) is 12.3. The highest BCUT2D eigenvalue weighted by Gasteiger charge is 2.54. The predicted molar refractivity (Wildman–Crippen MR) is 146 cm³/mol. The van der Waals surface area contributed by atoms with Crippen molar-refractivity contribution in [2.45, 2.75) is 136 Å². The van der Waals surface area contributed by atoms with Crippen molar-refractivity contribution < 1.29 is 23.4 Å². The summed E-state index contributed by atoms with van der Waals surface area (Å²) in [5, 5.41) is 0. The van der Waals surface area contributed by atoms with E-state index in [1.54, 1.807) is 0 Å². The van der Waals surface area contributed by atoms with Crippen LogP contribution in [0.15, 0.2) is 18.2 Å². The molecule has 1 aromatic carbocycles. The molecule has 7 heteroatoms. The second-order valence-corrected chi connectivity index (χ2v) is 12.3. The van der Waals surface area contributed by atoms with Gasteiger partial charge in [-0.05, 0) is 73.3 Å². The van der Waals surface area contributed by atoms with E-state index >= 15 is 0 Å². The minimum atomic E-state index is -0.471. The minimum absolute atomic E-state index is 0.389. The molecule has 2 fully saturated rings. The van der Waals surface area contributed by atoms with Crippen molar-refractivity contribution in [2.75, 3.05) is 6.61 Å². The molecule has 0 saturated carbocycles. The monoisotopic (exact) mass is 486 g/mol. The maximum atomic E-state index is 6.36. The Morgan fingerprint density at radius 3 is 1.60 bits per heavy atom. The number of unbranched alkanes of at least 4 members (excludes halogenated alkanes) is 7. The fourth-order valence-electron chi connectivity index (χ4n) is 4.38. The molecule has 0 unspecified atom stereocenters. The largest absolute Gasteiger partial charge is 0.498 e. The highest BCUT2D eigenvalue weighted by atomic mass is 16.7. The van der Waals surface area contributed by atoms with E-state index in [-0.39, 0.29) is 11.2 Å². The van der Waals surface area contributed by atoms with E-state index in [1.807, 2.05) is 18.2 Å². The Balaban J connectivity index is 1.70. The smallest absolute Gasteiger partial charge is 0.494 e. The standard InChI is InChI=1S/C28H48B2O5/c1-10-11-12-13-14-15-16-17-20-31-24-21-22(29-32-25(2,3)26(4,5)33-29)18-19-23(24)30-34-27(6,7)28(8,9)35-30/h18-19,21H,10-17,20H2,1-9H3. The topological polar surface area (TPSA) is 46.2 Å². The lowest BCUT2D eigenvalue weighted by molar-refractivity contribution is 0.00578. The van der Waals surface area contributed by atoms with Crippen molar-refractivity contribution in [3.8, 4) is 5.75 Å². The molecular weight excluding hydrogens is 438 g/mol. The van der Waals surface area contributed by atoms with Gasteiger partial charge in [0.15, 0.2) is 0 Å². The molecule has 1 aromatic rings. The number of hydrogen-bond donors (Lipinski definition) is 0.